The molecule has 32 valence electrons. The summed E-state index contributed by atoms with van der Waals surface area (Å²) in [4.78, 5) is 0. The quantitative estimate of drug-likeness (QED) is 0.537. The minimum absolute atomic E-state index is 0. The maximum Gasteiger partial charge on any atom is 0.762 e. The van der Waals surface area contributed by atoms with Crippen LogP contribution >= 0.6 is 0 Å². The predicted octanol–water partition coefficient (Wildman–Crippen LogP) is 0.880. The molecule has 0 bridgehead atoms. The molecule has 0 aliphatic heterocycles. The molecule has 0 aromatic carbocycles. The SMILES string of the molecule is FB(F)F.[Gd]. The molecule has 0 aliphatic carbocycles. The van der Waals surface area contributed by atoms with Crippen molar-refractivity contribution >= 4 is 7.54 Å². The predicted molar refractivity (Wildman–Crippen MR) is 9.08 cm³/mol. The summed E-state index contributed by atoms with van der Waals surface area (Å²) in [7, 11) is -3.67. The zero-order valence-corrected chi connectivity index (χ0v) is 4.33. The maximum absolute atomic E-state index is 9.67. The van der Waals surface area contributed by atoms with Crippen molar-refractivity contribution in [1.29, 1.82) is 0 Å². The summed E-state index contributed by atoms with van der Waals surface area (Å²) in [6.07, 6.45) is 0. The fourth-order valence-electron chi connectivity index (χ4n) is 0. The van der Waals surface area contributed by atoms with Gasteiger partial charge in [-0.1, -0.05) is 0 Å². The Hall–Kier alpha value is 1.18. The van der Waals surface area contributed by atoms with E-state index in [4.69, 9.17) is 0 Å². The average molecular weight is 225 g/mol. The molecule has 0 aromatic rings. The van der Waals surface area contributed by atoms with E-state index >= 15 is 0 Å². The Balaban J connectivity index is 0. The first-order valence-electron chi connectivity index (χ1n) is 0.655. The van der Waals surface area contributed by atoms with Crippen molar-refractivity contribution in [3.05, 3.63) is 0 Å². The molecule has 0 saturated carbocycles. The van der Waals surface area contributed by atoms with Crippen LogP contribution in [0.5, 0.6) is 0 Å². The Kier molecular flexibility index (Phi) is 9.83. The second-order valence-corrected chi connectivity index (χ2v) is 0.247. The van der Waals surface area contributed by atoms with Gasteiger partial charge in [-0.15, -0.1) is 0 Å². The molecule has 0 unspecified atom stereocenters. The monoisotopic (exact) mass is 226 g/mol. The third kappa shape index (κ3) is 37.6. The molecule has 0 rings (SSSR count). The number of hydrogen-bond donors (Lipinski definition) is 0. The summed E-state index contributed by atoms with van der Waals surface area (Å²) in [5, 5.41) is 0. The van der Waals surface area contributed by atoms with Crippen molar-refractivity contribution in [2.24, 2.45) is 0 Å². The minimum atomic E-state index is -3.67. The molecule has 0 aliphatic rings. The van der Waals surface area contributed by atoms with Gasteiger partial charge in [0.15, 0.2) is 0 Å². The Morgan fingerprint density at radius 1 is 1.00 bits per heavy atom. The molecular formula is BF3Gd. The van der Waals surface area contributed by atoms with Crippen LogP contribution in [0, 0.1) is 39.9 Å². The second-order valence-electron chi connectivity index (χ2n) is 0.247. The molecule has 0 heterocycles. The smallest absolute Gasteiger partial charge is 0.254 e. The van der Waals surface area contributed by atoms with E-state index < -0.39 is 7.54 Å². The van der Waals surface area contributed by atoms with Gasteiger partial charge in [0.05, 0.1) is 0 Å². The molecule has 0 saturated heterocycles. The third-order valence-electron chi connectivity index (χ3n) is 0. The molecule has 5 heavy (non-hydrogen) atoms. The third-order valence-corrected chi connectivity index (χ3v) is 0. The van der Waals surface area contributed by atoms with E-state index in [2.05, 4.69) is 0 Å². The van der Waals surface area contributed by atoms with E-state index in [0.717, 1.165) is 0 Å². The maximum atomic E-state index is 9.67. The van der Waals surface area contributed by atoms with Gasteiger partial charge in [-0.25, -0.2) is 0 Å². The van der Waals surface area contributed by atoms with Crippen molar-refractivity contribution in [2.75, 3.05) is 0 Å². The normalized spacial score (nSPS) is 5.40. The van der Waals surface area contributed by atoms with Crippen molar-refractivity contribution in [3.63, 3.8) is 0 Å². The molecule has 0 radical (unpaired) electrons. The Labute approximate surface area is 60.0 Å². The fourth-order valence-corrected chi connectivity index (χ4v) is 0. The topological polar surface area (TPSA) is 0 Å². The Morgan fingerprint density at radius 3 is 1.00 bits per heavy atom. The van der Waals surface area contributed by atoms with Gasteiger partial charge in [0.25, 0.3) is 0 Å². The zero-order chi connectivity index (χ0) is 3.58. The van der Waals surface area contributed by atoms with Crippen LogP contribution in [0.1, 0.15) is 0 Å². The summed E-state index contributed by atoms with van der Waals surface area (Å²) >= 11 is 0. The minimum Gasteiger partial charge on any atom is -0.254 e. The van der Waals surface area contributed by atoms with Gasteiger partial charge in [-0.2, -0.15) is 0 Å². The Morgan fingerprint density at radius 2 is 1.00 bits per heavy atom. The van der Waals surface area contributed by atoms with Crippen LogP contribution in [0.3, 0.4) is 0 Å². The molecule has 0 spiro atoms. The van der Waals surface area contributed by atoms with E-state index in [1.807, 2.05) is 0 Å². The van der Waals surface area contributed by atoms with Crippen LogP contribution in [0.25, 0.3) is 0 Å². The van der Waals surface area contributed by atoms with E-state index in [1.54, 1.807) is 0 Å². The van der Waals surface area contributed by atoms with Gasteiger partial charge >= 0.3 is 7.54 Å². The van der Waals surface area contributed by atoms with Crippen molar-refractivity contribution in [3.8, 4) is 0 Å². The molecular weight excluding hydrogens is 225 g/mol. The molecule has 5 heteroatoms. The number of rotatable bonds is 0. The van der Waals surface area contributed by atoms with E-state index in [9.17, 15) is 12.9 Å². The van der Waals surface area contributed by atoms with Gasteiger partial charge in [0, 0.05) is 39.9 Å². The van der Waals surface area contributed by atoms with Crippen LogP contribution < -0.4 is 0 Å². The zero-order valence-electron chi connectivity index (χ0n) is 2.06. The van der Waals surface area contributed by atoms with Crippen molar-refractivity contribution in [1.82, 2.24) is 0 Å². The molecule has 0 amide bonds. The standard InChI is InChI=1S/BF3.Gd/c2-1(3)4;. The summed E-state index contributed by atoms with van der Waals surface area (Å²) < 4.78 is 29.0. The Bertz CT molecular complexity index is 11.6. The van der Waals surface area contributed by atoms with Crippen LogP contribution in [-0.4, -0.2) is 7.54 Å². The van der Waals surface area contributed by atoms with E-state index in [0.29, 0.717) is 0 Å². The van der Waals surface area contributed by atoms with Gasteiger partial charge in [-0.05, 0) is 0 Å². The largest absolute Gasteiger partial charge is 0.762 e. The van der Waals surface area contributed by atoms with Crippen molar-refractivity contribution < 1.29 is 52.9 Å². The van der Waals surface area contributed by atoms with Gasteiger partial charge in [0.2, 0.25) is 0 Å². The molecule has 0 fully saturated rings. The van der Waals surface area contributed by atoms with E-state index in [1.165, 1.54) is 0 Å². The summed E-state index contributed by atoms with van der Waals surface area (Å²) in [5.41, 5.74) is 0. The molecule has 0 N–H and O–H groups in total. The first kappa shape index (κ1) is 9.49. The molecule has 0 atom stereocenters. The molecule has 0 aromatic heterocycles. The second kappa shape index (κ2) is 5.18. The molecule has 0 nitrogen and oxygen atoms in total. The summed E-state index contributed by atoms with van der Waals surface area (Å²) in [5.74, 6) is 0. The number of halogens is 3. The number of hydrogen-bond acceptors (Lipinski definition) is 0. The van der Waals surface area contributed by atoms with Gasteiger partial charge in [0.1, 0.15) is 0 Å². The van der Waals surface area contributed by atoms with Crippen LogP contribution in [-0.2, 0) is 0 Å². The fraction of sp³-hybridized carbons (Fsp3) is 0. The van der Waals surface area contributed by atoms with Crippen LogP contribution in [0.15, 0.2) is 0 Å². The van der Waals surface area contributed by atoms with Gasteiger partial charge < -0.3 is 0 Å². The van der Waals surface area contributed by atoms with Crippen molar-refractivity contribution in [2.45, 2.75) is 0 Å². The van der Waals surface area contributed by atoms with Gasteiger partial charge in [-0.3, -0.25) is 12.9 Å². The van der Waals surface area contributed by atoms with E-state index in [-0.39, 0.29) is 39.9 Å². The average Bonchev–Trinajstić information content (AvgIpc) is 0.811. The first-order chi connectivity index (χ1) is 1.73. The first-order valence-corrected chi connectivity index (χ1v) is 0.655. The van der Waals surface area contributed by atoms with Crippen LogP contribution in [0.4, 0.5) is 12.9 Å². The summed E-state index contributed by atoms with van der Waals surface area (Å²) in [6.45, 7) is 0. The summed E-state index contributed by atoms with van der Waals surface area (Å²) in [6, 6.07) is 0. The van der Waals surface area contributed by atoms with Crippen LogP contribution in [0.2, 0.25) is 0 Å².